The topological polar surface area (TPSA) is 15.4 Å². The van der Waals surface area contributed by atoms with E-state index < -0.39 is 0 Å². The maximum absolute atomic E-state index is 5.09. The third-order valence-electron chi connectivity index (χ3n) is 8.67. The Morgan fingerprint density at radius 1 is 0.690 bits per heavy atom. The quantitative estimate of drug-likeness (QED) is 0.0828. The number of benzene rings is 3. The monoisotopic (exact) mass is 565 g/mol. The molecule has 0 saturated heterocycles. The van der Waals surface area contributed by atoms with Gasteiger partial charge in [-0.3, -0.25) is 0 Å². The fourth-order valence-corrected chi connectivity index (χ4v) is 6.00. The van der Waals surface area contributed by atoms with Crippen LogP contribution in [0.1, 0.15) is 126 Å². The molecule has 0 aliphatic rings. The van der Waals surface area contributed by atoms with Crippen molar-refractivity contribution in [1.29, 1.82) is 0 Å². The molecule has 2 heteroatoms. The van der Waals surface area contributed by atoms with Gasteiger partial charge in [0, 0.05) is 12.5 Å². The predicted octanol–water partition coefficient (Wildman–Crippen LogP) is 12.4. The molecule has 2 nitrogen and oxygen atoms in total. The van der Waals surface area contributed by atoms with Gasteiger partial charge in [-0.1, -0.05) is 126 Å². The summed E-state index contributed by atoms with van der Waals surface area (Å²) in [4.78, 5) is 0. The standard InChI is InChI=1S/C40H57N2/c1-7-11-13-15-16-19-25-37-31-38(27-26-34(37)9-3)41-42(6)39(10-4)29-33-28-36(24-18-14-12-8-2)32(5)40(30-33)35-22-20-17-21-23-35/h17,20-23,26-31H,7-16,18-19,24-25H2,1-6H3/q+1. The van der Waals surface area contributed by atoms with E-state index in [0.29, 0.717) is 0 Å². The maximum atomic E-state index is 5.09. The molecule has 0 heterocycles. The maximum Gasteiger partial charge on any atom is 0.208 e. The highest BCUT2D eigenvalue weighted by Crippen LogP contribution is 2.30. The van der Waals surface area contributed by atoms with E-state index in [2.05, 4.69) is 113 Å². The first kappa shape index (κ1) is 33.5. The molecule has 0 aliphatic heterocycles. The smallest absolute Gasteiger partial charge is 0.0906 e. The Bertz CT molecular complexity index is 1280. The van der Waals surface area contributed by atoms with Crippen LogP contribution in [0.4, 0.5) is 5.69 Å². The minimum Gasteiger partial charge on any atom is -0.0906 e. The van der Waals surface area contributed by atoms with Crippen LogP contribution in [0.3, 0.4) is 0 Å². The lowest BCUT2D eigenvalue weighted by atomic mass is 9.91. The van der Waals surface area contributed by atoms with Crippen molar-refractivity contribution in [1.82, 2.24) is 0 Å². The van der Waals surface area contributed by atoms with Crippen LogP contribution in [0.2, 0.25) is 0 Å². The van der Waals surface area contributed by atoms with Crippen LogP contribution in [0.5, 0.6) is 0 Å². The zero-order valence-electron chi connectivity index (χ0n) is 27.6. The molecule has 42 heavy (non-hydrogen) atoms. The number of aryl methyl sites for hydroxylation is 3. The largest absolute Gasteiger partial charge is 0.208 e. The van der Waals surface area contributed by atoms with Gasteiger partial charge < -0.3 is 0 Å². The van der Waals surface area contributed by atoms with Gasteiger partial charge in [0.2, 0.25) is 5.70 Å². The number of nitrogens with zero attached hydrogens (tertiary/aromatic N) is 2. The van der Waals surface area contributed by atoms with Crippen molar-refractivity contribution in [3.63, 3.8) is 0 Å². The number of unbranched alkanes of at least 4 members (excludes halogenated alkanes) is 8. The lowest BCUT2D eigenvalue weighted by molar-refractivity contribution is -0.512. The summed E-state index contributed by atoms with van der Waals surface area (Å²) in [6, 6.07) is 22.5. The molecule has 0 radical (unpaired) electrons. The van der Waals surface area contributed by atoms with E-state index in [9.17, 15) is 0 Å². The van der Waals surface area contributed by atoms with Crippen LogP contribution in [-0.2, 0) is 19.3 Å². The molecule has 0 aromatic heterocycles. The molecule has 0 bridgehead atoms. The summed E-state index contributed by atoms with van der Waals surface area (Å²) in [6.07, 6.45) is 19.8. The van der Waals surface area contributed by atoms with Gasteiger partial charge in [-0.05, 0) is 101 Å². The summed E-state index contributed by atoms with van der Waals surface area (Å²) >= 11 is 0. The number of allylic oxidation sites excluding steroid dienone is 1. The van der Waals surface area contributed by atoms with Crippen LogP contribution in [-0.4, -0.2) is 11.7 Å². The molecule has 3 rings (SSSR count). The number of hydrogen-bond acceptors (Lipinski definition) is 1. The zero-order valence-corrected chi connectivity index (χ0v) is 27.6. The average Bonchev–Trinajstić information content (AvgIpc) is 3.01. The molecule has 0 fully saturated rings. The first-order valence-corrected chi connectivity index (χ1v) is 17.0. The fourth-order valence-electron chi connectivity index (χ4n) is 6.00. The molecule has 0 amide bonds. The highest BCUT2D eigenvalue weighted by molar-refractivity contribution is 5.72. The molecule has 0 aliphatic carbocycles. The van der Waals surface area contributed by atoms with Gasteiger partial charge in [-0.15, -0.1) is 0 Å². The highest BCUT2D eigenvalue weighted by atomic mass is 15.3. The third kappa shape index (κ3) is 10.4. The molecule has 0 spiro atoms. The highest BCUT2D eigenvalue weighted by Gasteiger charge is 2.14. The van der Waals surface area contributed by atoms with Crippen molar-refractivity contribution in [2.45, 2.75) is 125 Å². The lowest BCUT2D eigenvalue weighted by Crippen LogP contribution is -2.02. The average molecular weight is 566 g/mol. The van der Waals surface area contributed by atoms with E-state index in [1.807, 2.05) is 0 Å². The minimum atomic E-state index is 0.929. The molecule has 0 N–H and O–H groups in total. The Morgan fingerprint density at radius 2 is 1.33 bits per heavy atom. The predicted molar refractivity (Wildman–Crippen MR) is 184 cm³/mol. The zero-order chi connectivity index (χ0) is 30.2. The first-order chi connectivity index (χ1) is 20.5. The van der Waals surface area contributed by atoms with Crippen molar-refractivity contribution >= 4 is 11.8 Å². The molecule has 0 saturated carbocycles. The van der Waals surface area contributed by atoms with Gasteiger partial charge in [-0.2, -0.15) is 0 Å². The van der Waals surface area contributed by atoms with Crippen LogP contribution in [0.25, 0.3) is 17.2 Å². The molecular formula is C40H57N2+. The summed E-state index contributed by atoms with van der Waals surface area (Å²) in [5, 5.41) is 5.09. The Hall–Kier alpha value is -3.00. The van der Waals surface area contributed by atoms with Gasteiger partial charge in [0.15, 0.2) is 7.05 Å². The molecule has 3 aromatic carbocycles. The number of rotatable bonds is 18. The van der Waals surface area contributed by atoms with E-state index in [0.717, 1.165) is 31.4 Å². The Kier molecular flexibility index (Phi) is 14.8. The second-order valence-corrected chi connectivity index (χ2v) is 12.0. The van der Waals surface area contributed by atoms with Crippen LogP contribution in [0, 0.1) is 6.92 Å². The van der Waals surface area contributed by atoms with E-state index in [1.165, 1.54) is 109 Å². The van der Waals surface area contributed by atoms with Gasteiger partial charge in [0.1, 0.15) is 5.69 Å². The number of azo groups is 2. The minimum absolute atomic E-state index is 0.929. The second-order valence-electron chi connectivity index (χ2n) is 12.0. The fraction of sp³-hybridized carbons (Fsp3) is 0.500. The summed E-state index contributed by atoms with van der Waals surface area (Å²) < 4.78 is 2.10. The van der Waals surface area contributed by atoms with Gasteiger partial charge >= 0.3 is 0 Å². The normalized spacial score (nSPS) is 12.2. The summed E-state index contributed by atoms with van der Waals surface area (Å²) in [5.41, 5.74) is 12.0. The Morgan fingerprint density at radius 3 is 2.00 bits per heavy atom. The van der Waals surface area contributed by atoms with Crippen LogP contribution >= 0.6 is 0 Å². The van der Waals surface area contributed by atoms with Crippen LogP contribution < -0.4 is 0 Å². The summed E-state index contributed by atoms with van der Waals surface area (Å²) in [6.45, 7) is 11.4. The number of hydrogen-bond donors (Lipinski definition) is 0. The van der Waals surface area contributed by atoms with E-state index in [-0.39, 0.29) is 0 Å². The van der Waals surface area contributed by atoms with Gasteiger partial charge in [-0.25, -0.2) is 0 Å². The van der Waals surface area contributed by atoms with E-state index >= 15 is 0 Å². The molecule has 0 atom stereocenters. The molecule has 0 unspecified atom stereocenters. The van der Waals surface area contributed by atoms with Crippen molar-refractivity contribution in [3.05, 3.63) is 94.2 Å². The van der Waals surface area contributed by atoms with Gasteiger partial charge in [0.05, 0.1) is 0 Å². The SMILES string of the molecule is CCCCCCCCc1cc(N=[N+](C)C(=Cc2cc(CCCCCC)c(C)c(-c3ccccc3)c2)CC)ccc1CC. The Labute approximate surface area is 258 Å². The van der Waals surface area contributed by atoms with E-state index in [4.69, 9.17) is 5.11 Å². The van der Waals surface area contributed by atoms with Crippen molar-refractivity contribution in [2.24, 2.45) is 5.11 Å². The van der Waals surface area contributed by atoms with Crippen molar-refractivity contribution in [3.8, 4) is 11.1 Å². The lowest BCUT2D eigenvalue weighted by Gasteiger charge is -2.14. The summed E-state index contributed by atoms with van der Waals surface area (Å²) in [7, 11) is 2.11. The Balaban J connectivity index is 1.88. The third-order valence-corrected chi connectivity index (χ3v) is 8.67. The van der Waals surface area contributed by atoms with E-state index in [1.54, 1.807) is 0 Å². The molecule has 226 valence electrons. The van der Waals surface area contributed by atoms with Crippen molar-refractivity contribution in [2.75, 3.05) is 7.05 Å². The first-order valence-electron chi connectivity index (χ1n) is 17.0. The molecular weight excluding hydrogens is 508 g/mol. The van der Waals surface area contributed by atoms with Crippen LogP contribution in [0.15, 0.2) is 71.5 Å². The summed E-state index contributed by atoms with van der Waals surface area (Å²) in [5.74, 6) is 0. The van der Waals surface area contributed by atoms with Crippen molar-refractivity contribution < 1.29 is 4.70 Å². The molecule has 3 aromatic rings. The van der Waals surface area contributed by atoms with Gasteiger partial charge in [0.25, 0.3) is 0 Å². The second kappa shape index (κ2) is 18.5.